The zero-order valence-corrected chi connectivity index (χ0v) is 9.01. The largest absolute Gasteiger partial charge is 0.504 e. The van der Waals surface area contributed by atoms with Crippen molar-refractivity contribution < 1.29 is 19.7 Å². The molecule has 0 aliphatic heterocycles. The molecule has 86 valence electrons. The van der Waals surface area contributed by atoms with Crippen LogP contribution in [0.2, 0.25) is 0 Å². The van der Waals surface area contributed by atoms with Gasteiger partial charge in [-0.15, -0.1) is 0 Å². The van der Waals surface area contributed by atoms with Crippen LogP contribution in [0.25, 0.3) is 0 Å². The Morgan fingerprint density at radius 1 is 1.56 bits per heavy atom. The zero-order chi connectivity index (χ0) is 11.7. The Morgan fingerprint density at radius 2 is 2.31 bits per heavy atom. The minimum atomic E-state index is -0.754. The van der Waals surface area contributed by atoms with Crippen molar-refractivity contribution in [2.24, 2.45) is 5.92 Å². The van der Waals surface area contributed by atoms with Gasteiger partial charge in [-0.2, -0.15) is 0 Å². The van der Waals surface area contributed by atoms with Gasteiger partial charge in [-0.3, -0.25) is 4.79 Å². The summed E-state index contributed by atoms with van der Waals surface area (Å²) in [7, 11) is 0. The van der Waals surface area contributed by atoms with E-state index in [4.69, 9.17) is 9.84 Å². The van der Waals surface area contributed by atoms with Crippen molar-refractivity contribution in [2.75, 3.05) is 6.61 Å². The van der Waals surface area contributed by atoms with Gasteiger partial charge in [0.05, 0.1) is 12.5 Å². The summed E-state index contributed by atoms with van der Waals surface area (Å²) in [5, 5.41) is 18.3. The van der Waals surface area contributed by atoms with Crippen LogP contribution in [0.4, 0.5) is 0 Å². The van der Waals surface area contributed by atoms with Crippen molar-refractivity contribution in [3.05, 3.63) is 23.8 Å². The van der Waals surface area contributed by atoms with Crippen molar-refractivity contribution in [1.29, 1.82) is 0 Å². The van der Waals surface area contributed by atoms with Gasteiger partial charge >= 0.3 is 5.97 Å². The Bertz CT molecular complexity index is 413. The molecule has 1 aromatic rings. The molecule has 1 aliphatic carbocycles. The Labute approximate surface area is 93.5 Å². The van der Waals surface area contributed by atoms with Gasteiger partial charge in [0.1, 0.15) is 0 Å². The Balaban J connectivity index is 2.17. The normalized spacial score (nSPS) is 22.8. The lowest BCUT2D eigenvalue weighted by Gasteiger charge is -2.07. The highest BCUT2D eigenvalue weighted by Gasteiger charge is 2.44. The van der Waals surface area contributed by atoms with E-state index in [1.54, 1.807) is 18.2 Å². The van der Waals surface area contributed by atoms with Gasteiger partial charge in [-0.05, 0) is 37.0 Å². The summed E-state index contributed by atoms with van der Waals surface area (Å²) in [6.45, 7) is 2.31. The maximum absolute atomic E-state index is 10.7. The third kappa shape index (κ3) is 1.96. The molecule has 4 nitrogen and oxygen atoms in total. The summed E-state index contributed by atoms with van der Waals surface area (Å²) in [6.07, 6.45) is 0.672. The number of ether oxygens (including phenoxy) is 1. The molecule has 1 aromatic carbocycles. The maximum atomic E-state index is 10.7. The van der Waals surface area contributed by atoms with Crippen molar-refractivity contribution in [3.63, 3.8) is 0 Å². The molecule has 2 rings (SSSR count). The Hall–Kier alpha value is -1.71. The van der Waals surface area contributed by atoms with Crippen molar-refractivity contribution in [3.8, 4) is 11.5 Å². The molecule has 0 amide bonds. The Morgan fingerprint density at radius 3 is 2.88 bits per heavy atom. The van der Waals surface area contributed by atoms with E-state index in [1.807, 2.05) is 6.92 Å². The van der Waals surface area contributed by atoms with Crippen molar-refractivity contribution in [1.82, 2.24) is 0 Å². The van der Waals surface area contributed by atoms with Crippen molar-refractivity contribution in [2.45, 2.75) is 19.3 Å². The third-order valence-electron chi connectivity index (χ3n) is 2.82. The smallest absolute Gasteiger partial charge is 0.307 e. The van der Waals surface area contributed by atoms with E-state index in [1.165, 1.54) is 0 Å². The number of aromatic hydroxyl groups is 1. The number of hydrogen-bond acceptors (Lipinski definition) is 3. The van der Waals surface area contributed by atoms with Crippen LogP contribution in [0.15, 0.2) is 18.2 Å². The van der Waals surface area contributed by atoms with Crippen LogP contribution in [-0.2, 0) is 4.79 Å². The number of phenols is 1. The van der Waals surface area contributed by atoms with Crippen LogP contribution < -0.4 is 4.74 Å². The predicted octanol–water partition coefficient (Wildman–Crippen LogP) is 1.98. The van der Waals surface area contributed by atoms with Gasteiger partial charge in [0.2, 0.25) is 0 Å². The summed E-state index contributed by atoms with van der Waals surface area (Å²) in [5.74, 6) is -0.443. The third-order valence-corrected chi connectivity index (χ3v) is 2.82. The summed E-state index contributed by atoms with van der Waals surface area (Å²) in [4.78, 5) is 10.7. The summed E-state index contributed by atoms with van der Waals surface area (Å²) in [6, 6.07) is 5.04. The fraction of sp³-hybridized carbons (Fsp3) is 0.417. The molecule has 0 saturated heterocycles. The number of carboxylic acid groups (broad SMARTS) is 1. The van der Waals surface area contributed by atoms with E-state index in [0.29, 0.717) is 18.8 Å². The van der Waals surface area contributed by atoms with Gasteiger partial charge in [0.15, 0.2) is 11.5 Å². The van der Waals surface area contributed by atoms with Gasteiger partial charge in [-0.25, -0.2) is 0 Å². The molecule has 2 unspecified atom stereocenters. The first kappa shape index (κ1) is 10.8. The average Bonchev–Trinajstić information content (AvgIpc) is 3.01. The first-order chi connectivity index (χ1) is 7.63. The second kappa shape index (κ2) is 4.04. The fourth-order valence-corrected chi connectivity index (χ4v) is 1.87. The Kier molecular flexibility index (Phi) is 2.73. The minimum absolute atomic E-state index is 0.0670. The molecule has 4 heteroatoms. The molecule has 0 spiro atoms. The van der Waals surface area contributed by atoms with E-state index >= 15 is 0 Å². The number of phenolic OH excluding ortho intramolecular Hbond substituents is 1. The molecule has 0 bridgehead atoms. The highest BCUT2D eigenvalue weighted by atomic mass is 16.5. The predicted molar refractivity (Wildman–Crippen MR) is 57.8 cm³/mol. The highest BCUT2D eigenvalue weighted by Crippen LogP contribution is 2.48. The van der Waals surface area contributed by atoms with Crippen molar-refractivity contribution >= 4 is 5.97 Å². The zero-order valence-electron chi connectivity index (χ0n) is 9.01. The molecule has 2 atom stereocenters. The molecule has 2 N–H and O–H groups in total. The van der Waals surface area contributed by atoms with Crippen LogP contribution in [-0.4, -0.2) is 22.8 Å². The second-order valence-corrected chi connectivity index (χ2v) is 3.95. The number of hydrogen-bond donors (Lipinski definition) is 2. The molecule has 1 saturated carbocycles. The van der Waals surface area contributed by atoms with Gasteiger partial charge in [0, 0.05) is 0 Å². The van der Waals surface area contributed by atoms with E-state index in [0.717, 1.165) is 5.56 Å². The van der Waals surface area contributed by atoms with Crippen LogP contribution in [0.3, 0.4) is 0 Å². The number of benzene rings is 1. The first-order valence-electron chi connectivity index (χ1n) is 5.32. The van der Waals surface area contributed by atoms with Gasteiger partial charge in [0.25, 0.3) is 0 Å². The van der Waals surface area contributed by atoms with Crippen LogP contribution in [0.1, 0.15) is 24.8 Å². The van der Waals surface area contributed by atoms with Gasteiger partial charge in [-0.1, -0.05) is 6.07 Å². The summed E-state index contributed by atoms with van der Waals surface area (Å²) < 4.78 is 5.25. The lowest BCUT2D eigenvalue weighted by molar-refractivity contribution is -0.138. The van der Waals surface area contributed by atoms with Crippen LogP contribution >= 0.6 is 0 Å². The van der Waals surface area contributed by atoms with E-state index in [2.05, 4.69) is 0 Å². The van der Waals surface area contributed by atoms with Gasteiger partial charge < -0.3 is 14.9 Å². The topological polar surface area (TPSA) is 66.8 Å². The molecular formula is C12H14O4. The maximum Gasteiger partial charge on any atom is 0.307 e. The monoisotopic (exact) mass is 222 g/mol. The van der Waals surface area contributed by atoms with E-state index < -0.39 is 5.97 Å². The summed E-state index contributed by atoms with van der Waals surface area (Å²) >= 11 is 0. The number of aliphatic carboxylic acids is 1. The highest BCUT2D eigenvalue weighted by molar-refractivity contribution is 5.75. The fourth-order valence-electron chi connectivity index (χ4n) is 1.87. The van der Waals surface area contributed by atoms with E-state index in [9.17, 15) is 9.90 Å². The van der Waals surface area contributed by atoms with Crippen LogP contribution in [0.5, 0.6) is 11.5 Å². The SMILES string of the molecule is CCOc1cc(C2CC2C(=O)O)ccc1O. The van der Waals surface area contributed by atoms with E-state index in [-0.39, 0.29) is 17.6 Å². The number of carbonyl (C=O) groups is 1. The molecule has 1 fully saturated rings. The second-order valence-electron chi connectivity index (χ2n) is 3.95. The molecule has 1 aliphatic rings. The first-order valence-corrected chi connectivity index (χ1v) is 5.32. The number of carboxylic acids is 1. The quantitative estimate of drug-likeness (QED) is 0.817. The van der Waals surface area contributed by atoms with Crippen LogP contribution in [0, 0.1) is 5.92 Å². The molecular weight excluding hydrogens is 208 g/mol. The molecule has 0 heterocycles. The molecule has 16 heavy (non-hydrogen) atoms. The molecule has 0 aromatic heterocycles. The lowest BCUT2D eigenvalue weighted by atomic mass is 10.1. The lowest BCUT2D eigenvalue weighted by Crippen LogP contribution is -1.99. The average molecular weight is 222 g/mol. The minimum Gasteiger partial charge on any atom is -0.504 e. The standard InChI is InChI=1S/C12H14O4/c1-2-16-11-5-7(3-4-10(11)13)8-6-9(8)12(14)15/h3-5,8-9,13H,2,6H2,1H3,(H,14,15). The summed E-state index contributed by atoms with van der Waals surface area (Å²) in [5.41, 5.74) is 0.925. The molecule has 0 radical (unpaired) electrons. The number of rotatable bonds is 4.